The second-order valence-corrected chi connectivity index (χ2v) is 4.02. The molecule has 0 amide bonds. The maximum Gasteiger partial charge on any atom is 0.343 e. The number of rotatable bonds is 6. The number of aromatic amines is 1. The molecule has 0 aromatic carbocycles. The first-order chi connectivity index (χ1) is 7.69. The predicted molar refractivity (Wildman–Crippen MR) is 60.5 cm³/mol. The standard InChI is InChI=1S/C9H15N3O3S/c1-3-12-8(14)10-11-9(12)16-6-5-7(13)15-4-2/h3-6H2,1-2H3,(H,10,14). The van der Waals surface area contributed by atoms with Gasteiger partial charge in [-0.15, -0.1) is 5.10 Å². The molecule has 6 nitrogen and oxygen atoms in total. The van der Waals surface area contributed by atoms with E-state index in [0.29, 0.717) is 30.5 Å². The van der Waals surface area contributed by atoms with Gasteiger partial charge in [0.1, 0.15) is 0 Å². The summed E-state index contributed by atoms with van der Waals surface area (Å²) in [5, 5.41) is 6.85. The molecule has 0 saturated heterocycles. The van der Waals surface area contributed by atoms with Crippen LogP contribution in [0.15, 0.2) is 9.95 Å². The third-order valence-corrected chi connectivity index (χ3v) is 2.86. The quantitative estimate of drug-likeness (QED) is 0.587. The van der Waals surface area contributed by atoms with Crippen LogP contribution in [-0.4, -0.2) is 33.1 Å². The third-order valence-electron chi connectivity index (χ3n) is 1.88. The fraction of sp³-hybridized carbons (Fsp3) is 0.667. The van der Waals surface area contributed by atoms with Gasteiger partial charge in [0.15, 0.2) is 5.16 Å². The molecule has 1 aromatic rings. The lowest BCUT2D eigenvalue weighted by atomic mass is 10.5. The van der Waals surface area contributed by atoms with Crippen LogP contribution in [0.4, 0.5) is 0 Å². The zero-order valence-electron chi connectivity index (χ0n) is 9.36. The molecule has 0 saturated carbocycles. The normalized spacial score (nSPS) is 10.4. The summed E-state index contributed by atoms with van der Waals surface area (Å²) in [6, 6.07) is 0. The van der Waals surface area contributed by atoms with E-state index < -0.39 is 0 Å². The molecule has 1 heterocycles. The van der Waals surface area contributed by atoms with E-state index in [0.717, 1.165) is 0 Å². The average molecular weight is 245 g/mol. The van der Waals surface area contributed by atoms with Gasteiger partial charge in [-0.2, -0.15) is 0 Å². The smallest absolute Gasteiger partial charge is 0.343 e. The van der Waals surface area contributed by atoms with Crippen LogP contribution in [0.3, 0.4) is 0 Å². The first kappa shape index (κ1) is 12.8. The van der Waals surface area contributed by atoms with Crippen molar-refractivity contribution in [2.45, 2.75) is 32.0 Å². The molecular formula is C9H15N3O3S. The van der Waals surface area contributed by atoms with Crippen LogP contribution < -0.4 is 5.69 Å². The lowest BCUT2D eigenvalue weighted by Crippen LogP contribution is -2.16. The molecule has 0 radical (unpaired) electrons. The van der Waals surface area contributed by atoms with E-state index in [1.54, 1.807) is 6.92 Å². The number of nitrogens with zero attached hydrogens (tertiary/aromatic N) is 2. The summed E-state index contributed by atoms with van der Waals surface area (Å²) >= 11 is 1.37. The molecule has 0 fully saturated rings. The molecule has 0 aliphatic carbocycles. The first-order valence-electron chi connectivity index (χ1n) is 5.12. The second-order valence-electron chi connectivity index (χ2n) is 2.96. The molecule has 0 spiro atoms. The number of carbonyl (C=O) groups excluding carboxylic acids is 1. The molecule has 1 N–H and O–H groups in total. The van der Waals surface area contributed by atoms with Gasteiger partial charge in [-0.1, -0.05) is 11.8 Å². The fourth-order valence-corrected chi connectivity index (χ4v) is 2.08. The van der Waals surface area contributed by atoms with Gasteiger partial charge in [0.2, 0.25) is 0 Å². The molecule has 16 heavy (non-hydrogen) atoms. The Morgan fingerprint density at radius 1 is 1.56 bits per heavy atom. The number of thioether (sulfide) groups is 1. The molecule has 1 rings (SSSR count). The number of hydrogen-bond acceptors (Lipinski definition) is 5. The third kappa shape index (κ3) is 3.41. The lowest BCUT2D eigenvalue weighted by molar-refractivity contribution is -0.142. The molecule has 1 aromatic heterocycles. The van der Waals surface area contributed by atoms with Crippen molar-refractivity contribution in [1.82, 2.24) is 14.8 Å². The van der Waals surface area contributed by atoms with Gasteiger partial charge >= 0.3 is 11.7 Å². The monoisotopic (exact) mass is 245 g/mol. The van der Waals surface area contributed by atoms with Crippen LogP contribution in [0.2, 0.25) is 0 Å². The van der Waals surface area contributed by atoms with E-state index in [2.05, 4.69) is 10.2 Å². The maximum absolute atomic E-state index is 11.2. The molecule has 90 valence electrons. The van der Waals surface area contributed by atoms with Gasteiger partial charge in [-0.25, -0.2) is 9.89 Å². The Morgan fingerprint density at radius 2 is 2.31 bits per heavy atom. The predicted octanol–water partition coefficient (Wildman–Crippen LogP) is 0.637. The Kier molecular flexibility index (Phi) is 5.10. The lowest BCUT2D eigenvalue weighted by Gasteiger charge is -2.02. The van der Waals surface area contributed by atoms with Crippen LogP contribution in [0.5, 0.6) is 0 Å². The second kappa shape index (κ2) is 6.37. The number of H-pyrrole nitrogens is 1. The highest BCUT2D eigenvalue weighted by atomic mass is 32.2. The zero-order valence-corrected chi connectivity index (χ0v) is 10.2. The van der Waals surface area contributed by atoms with E-state index in [1.807, 2.05) is 6.92 Å². The Morgan fingerprint density at radius 3 is 2.94 bits per heavy atom. The summed E-state index contributed by atoms with van der Waals surface area (Å²) < 4.78 is 6.32. The number of ether oxygens (including phenoxy) is 1. The van der Waals surface area contributed by atoms with Crippen molar-refractivity contribution in [3.8, 4) is 0 Å². The molecular weight excluding hydrogens is 230 g/mol. The Balaban J connectivity index is 2.43. The number of aromatic nitrogens is 3. The Bertz CT molecular complexity index is 399. The largest absolute Gasteiger partial charge is 0.466 e. The minimum atomic E-state index is -0.226. The van der Waals surface area contributed by atoms with Gasteiger partial charge in [0, 0.05) is 12.3 Å². The number of esters is 1. The molecule has 0 aliphatic heterocycles. The van der Waals surface area contributed by atoms with Gasteiger partial charge in [0.25, 0.3) is 0 Å². The molecule has 0 atom stereocenters. The van der Waals surface area contributed by atoms with Crippen LogP contribution in [0.25, 0.3) is 0 Å². The highest BCUT2D eigenvalue weighted by Gasteiger charge is 2.08. The van der Waals surface area contributed by atoms with Crippen LogP contribution in [0.1, 0.15) is 20.3 Å². The van der Waals surface area contributed by atoms with Gasteiger partial charge < -0.3 is 4.74 Å². The van der Waals surface area contributed by atoms with E-state index in [4.69, 9.17) is 4.74 Å². The molecule has 0 aliphatic rings. The summed E-state index contributed by atoms with van der Waals surface area (Å²) in [5.74, 6) is 0.333. The van der Waals surface area contributed by atoms with E-state index in [-0.39, 0.29) is 11.7 Å². The van der Waals surface area contributed by atoms with Crippen LogP contribution >= 0.6 is 11.8 Å². The summed E-state index contributed by atoms with van der Waals surface area (Å²) in [4.78, 5) is 22.3. The van der Waals surface area contributed by atoms with Crippen molar-refractivity contribution < 1.29 is 9.53 Å². The van der Waals surface area contributed by atoms with E-state index in [1.165, 1.54) is 16.3 Å². The van der Waals surface area contributed by atoms with Gasteiger partial charge in [-0.3, -0.25) is 9.36 Å². The molecule has 0 bridgehead atoms. The van der Waals surface area contributed by atoms with Gasteiger partial charge in [-0.05, 0) is 13.8 Å². The first-order valence-corrected chi connectivity index (χ1v) is 6.11. The Hall–Kier alpha value is -1.24. The summed E-state index contributed by atoms with van der Waals surface area (Å²) in [5.41, 5.74) is -0.221. The molecule has 7 heteroatoms. The van der Waals surface area contributed by atoms with Crippen LogP contribution in [-0.2, 0) is 16.1 Å². The number of nitrogens with one attached hydrogen (secondary N) is 1. The number of hydrogen-bond donors (Lipinski definition) is 1. The topological polar surface area (TPSA) is 77.0 Å². The number of carbonyl (C=O) groups is 1. The fourth-order valence-electron chi connectivity index (χ4n) is 1.15. The Labute approximate surface area is 97.4 Å². The van der Waals surface area contributed by atoms with E-state index >= 15 is 0 Å². The maximum atomic E-state index is 11.2. The summed E-state index contributed by atoms with van der Waals surface area (Å²) in [7, 11) is 0. The minimum absolute atomic E-state index is 0.221. The van der Waals surface area contributed by atoms with Crippen molar-refractivity contribution in [2.75, 3.05) is 12.4 Å². The van der Waals surface area contributed by atoms with Crippen LogP contribution in [0, 0.1) is 0 Å². The van der Waals surface area contributed by atoms with Crippen molar-refractivity contribution >= 4 is 17.7 Å². The highest BCUT2D eigenvalue weighted by Crippen LogP contribution is 2.14. The highest BCUT2D eigenvalue weighted by molar-refractivity contribution is 7.99. The SMILES string of the molecule is CCOC(=O)CCSc1n[nH]c(=O)n1CC. The van der Waals surface area contributed by atoms with Crippen molar-refractivity contribution in [2.24, 2.45) is 0 Å². The average Bonchev–Trinajstić information content (AvgIpc) is 2.60. The van der Waals surface area contributed by atoms with Crippen molar-refractivity contribution in [3.63, 3.8) is 0 Å². The van der Waals surface area contributed by atoms with E-state index in [9.17, 15) is 9.59 Å². The molecule has 0 unspecified atom stereocenters. The zero-order chi connectivity index (χ0) is 12.0. The summed E-state index contributed by atoms with van der Waals surface area (Å²) in [6.07, 6.45) is 0.323. The minimum Gasteiger partial charge on any atom is -0.466 e. The summed E-state index contributed by atoms with van der Waals surface area (Å²) in [6.45, 7) is 4.60. The van der Waals surface area contributed by atoms with Crippen molar-refractivity contribution in [1.29, 1.82) is 0 Å². The van der Waals surface area contributed by atoms with Gasteiger partial charge in [0.05, 0.1) is 13.0 Å². The van der Waals surface area contributed by atoms with Crippen molar-refractivity contribution in [3.05, 3.63) is 10.5 Å².